The Morgan fingerprint density at radius 2 is 1.64 bits per heavy atom. The van der Waals surface area contributed by atoms with Crippen LogP contribution in [0.3, 0.4) is 0 Å². The predicted molar refractivity (Wildman–Crippen MR) is 132 cm³/mol. The van der Waals surface area contributed by atoms with Gasteiger partial charge >= 0.3 is 0 Å². The van der Waals surface area contributed by atoms with E-state index in [1.54, 1.807) is 18.3 Å². The molecule has 0 atom stereocenters. The van der Waals surface area contributed by atoms with E-state index in [0.717, 1.165) is 35.4 Å². The Balaban J connectivity index is 1.48. The number of nitrogens with one attached hydrogen (secondary N) is 1. The Morgan fingerprint density at radius 3 is 2.33 bits per heavy atom. The van der Waals surface area contributed by atoms with Gasteiger partial charge in [0.2, 0.25) is 10.0 Å². The van der Waals surface area contributed by atoms with Crippen molar-refractivity contribution in [1.82, 2.24) is 19.3 Å². The first kappa shape index (κ1) is 23.1. The number of hydrogen-bond donors (Lipinski definition) is 1. The highest BCUT2D eigenvalue weighted by molar-refractivity contribution is 7.89. The van der Waals surface area contributed by atoms with Crippen LogP contribution < -0.4 is 4.72 Å². The Bertz CT molecular complexity index is 1320. The quantitative estimate of drug-likeness (QED) is 0.418. The van der Waals surface area contributed by atoms with Crippen LogP contribution in [-0.2, 0) is 34.8 Å². The van der Waals surface area contributed by atoms with E-state index in [9.17, 15) is 8.42 Å². The van der Waals surface area contributed by atoms with Crippen LogP contribution in [0.15, 0.2) is 77.8 Å². The molecule has 0 unspecified atom stereocenters. The molecular formula is C26H30N4O2S. The van der Waals surface area contributed by atoms with Crippen molar-refractivity contribution in [3.8, 4) is 0 Å². The van der Waals surface area contributed by atoms with Gasteiger partial charge in [0.15, 0.2) is 5.65 Å². The lowest BCUT2D eigenvalue weighted by atomic mass is 9.87. The highest BCUT2D eigenvalue weighted by Gasteiger charge is 2.18. The minimum atomic E-state index is -3.60. The average Bonchev–Trinajstić information content (AvgIpc) is 3.15. The van der Waals surface area contributed by atoms with E-state index >= 15 is 0 Å². The van der Waals surface area contributed by atoms with Gasteiger partial charge in [0.25, 0.3) is 0 Å². The maximum Gasteiger partial charge on any atom is 0.240 e. The van der Waals surface area contributed by atoms with Gasteiger partial charge in [-0.05, 0) is 47.2 Å². The second-order valence-corrected chi connectivity index (χ2v) is 11.0. The number of pyridine rings is 1. The van der Waals surface area contributed by atoms with Crippen LogP contribution in [-0.4, -0.2) is 29.5 Å². The number of rotatable bonds is 8. The van der Waals surface area contributed by atoms with E-state index in [1.165, 1.54) is 5.56 Å². The van der Waals surface area contributed by atoms with E-state index in [4.69, 9.17) is 4.98 Å². The summed E-state index contributed by atoms with van der Waals surface area (Å²) in [6.45, 7) is 7.02. The van der Waals surface area contributed by atoms with Crippen LogP contribution in [0.25, 0.3) is 11.2 Å². The van der Waals surface area contributed by atoms with Crippen molar-refractivity contribution in [3.05, 3.63) is 89.9 Å². The maximum absolute atomic E-state index is 12.8. The zero-order chi connectivity index (χ0) is 23.5. The molecule has 4 aromatic rings. The highest BCUT2D eigenvalue weighted by atomic mass is 32.2. The van der Waals surface area contributed by atoms with Crippen molar-refractivity contribution in [1.29, 1.82) is 0 Å². The molecule has 0 spiro atoms. The number of hydrogen-bond acceptors (Lipinski definition) is 4. The normalized spacial score (nSPS) is 12.3. The van der Waals surface area contributed by atoms with Crippen molar-refractivity contribution in [2.24, 2.45) is 0 Å². The molecule has 6 nitrogen and oxygen atoms in total. The fraction of sp³-hybridized carbons (Fsp3) is 0.308. The summed E-state index contributed by atoms with van der Waals surface area (Å²) >= 11 is 0. The SMILES string of the molecule is CC(C)(C)c1ccc(S(=O)(=O)NCCn2c(CCc3ccccc3)nc3cccnc32)cc1. The van der Waals surface area contributed by atoms with Gasteiger partial charge in [0.1, 0.15) is 11.3 Å². The third-order valence-electron chi connectivity index (χ3n) is 5.72. The van der Waals surface area contributed by atoms with Crippen molar-refractivity contribution in [2.75, 3.05) is 6.54 Å². The fourth-order valence-corrected chi connectivity index (χ4v) is 4.86. The number of aryl methyl sites for hydroxylation is 2. The first-order valence-corrected chi connectivity index (χ1v) is 12.7. The molecule has 0 aliphatic heterocycles. The van der Waals surface area contributed by atoms with Crippen LogP contribution in [0.5, 0.6) is 0 Å². The summed E-state index contributed by atoms with van der Waals surface area (Å²) < 4.78 is 30.4. The molecule has 0 aliphatic rings. The summed E-state index contributed by atoms with van der Waals surface area (Å²) in [7, 11) is -3.60. The molecule has 0 fully saturated rings. The first-order valence-electron chi connectivity index (χ1n) is 11.2. The molecule has 33 heavy (non-hydrogen) atoms. The van der Waals surface area contributed by atoms with Gasteiger partial charge < -0.3 is 4.57 Å². The molecule has 0 amide bonds. The lowest BCUT2D eigenvalue weighted by molar-refractivity contribution is 0.569. The van der Waals surface area contributed by atoms with E-state index in [0.29, 0.717) is 6.54 Å². The van der Waals surface area contributed by atoms with Gasteiger partial charge in [0, 0.05) is 25.7 Å². The summed E-state index contributed by atoms with van der Waals surface area (Å²) in [5.41, 5.74) is 3.90. The summed E-state index contributed by atoms with van der Waals surface area (Å²) in [6, 6.07) is 21.2. The molecule has 0 radical (unpaired) electrons. The van der Waals surface area contributed by atoms with Crippen LogP contribution in [0, 0.1) is 0 Å². The van der Waals surface area contributed by atoms with Crippen LogP contribution in [0.4, 0.5) is 0 Å². The highest BCUT2D eigenvalue weighted by Crippen LogP contribution is 2.23. The lowest BCUT2D eigenvalue weighted by Gasteiger charge is -2.19. The van der Waals surface area contributed by atoms with E-state index < -0.39 is 10.0 Å². The van der Waals surface area contributed by atoms with Crippen molar-refractivity contribution < 1.29 is 8.42 Å². The Hall–Kier alpha value is -3.03. The number of sulfonamides is 1. The molecule has 4 rings (SSSR count). The van der Waals surface area contributed by atoms with E-state index in [2.05, 4.69) is 42.6 Å². The molecule has 0 bridgehead atoms. The molecular weight excluding hydrogens is 432 g/mol. The molecule has 0 saturated heterocycles. The average molecular weight is 463 g/mol. The third kappa shape index (κ3) is 5.49. The van der Waals surface area contributed by atoms with Gasteiger partial charge in [-0.1, -0.05) is 63.2 Å². The predicted octanol–water partition coefficient (Wildman–Crippen LogP) is 4.49. The molecule has 2 heterocycles. The summed E-state index contributed by atoms with van der Waals surface area (Å²) in [5, 5.41) is 0. The minimum Gasteiger partial charge on any atom is -0.311 e. The Morgan fingerprint density at radius 1 is 0.909 bits per heavy atom. The van der Waals surface area contributed by atoms with Crippen LogP contribution in [0.2, 0.25) is 0 Å². The zero-order valence-electron chi connectivity index (χ0n) is 19.3. The van der Waals surface area contributed by atoms with Gasteiger partial charge in [-0.15, -0.1) is 0 Å². The van der Waals surface area contributed by atoms with Gasteiger partial charge in [0.05, 0.1) is 4.90 Å². The number of imidazole rings is 1. The van der Waals surface area contributed by atoms with Crippen molar-refractivity contribution in [3.63, 3.8) is 0 Å². The van der Waals surface area contributed by atoms with Crippen molar-refractivity contribution >= 4 is 21.2 Å². The van der Waals surface area contributed by atoms with Gasteiger partial charge in [-0.3, -0.25) is 0 Å². The number of benzene rings is 2. The standard InChI is InChI=1S/C26H30N4O2S/c1-26(2,3)21-12-14-22(15-13-21)33(31,32)28-18-19-30-24(16-11-20-8-5-4-6-9-20)29-23-10-7-17-27-25(23)30/h4-10,12-15,17,28H,11,16,18-19H2,1-3H3. The smallest absolute Gasteiger partial charge is 0.240 e. The zero-order valence-corrected chi connectivity index (χ0v) is 20.1. The van der Waals surface area contributed by atoms with Gasteiger partial charge in [-0.25, -0.2) is 23.1 Å². The number of fused-ring (bicyclic) bond motifs is 1. The second kappa shape index (κ2) is 9.45. The Labute approximate surface area is 195 Å². The molecule has 1 N–H and O–H groups in total. The summed E-state index contributed by atoms with van der Waals surface area (Å²) in [4.78, 5) is 9.51. The molecule has 2 aromatic carbocycles. The number of nitrogens with zero attached hydrogens (tertiary/aromatic N) is 3. The molecule has 0 aliphatic carbocycles. The third-order valence-corrected chi connectivity index (χ3v) is 7.20. The topological polar surface area (TPSA) is 76.9 Å². The van der Waals surface area contributed by atoms with E-state index in [1.807, 2.05) is 47.0 Å². The van der Waals surface area contributed by atoms with Crippen LogP contribution in [0.1, 0.15) is 37.7 Å². The maximum atomic E-state index is 12.8. The van der Waals surface area contributed by atoms with E-state index in [-0.39, 0.29) is 16.9 Å². The summed E-state index contributed by atoms with van der Waals surface area (Å²) in [5.74, 6) is 0.904. The minimum absolute atomic E-state index is 0.0264. The monoisotopic (exact) mass is 462 g/mol. The summed E-state index contributed by atoms with van der Waals surface area (Å²) in [6.07, 6.45) is 3.35. The molecule has 0 saturated carbocycles. The first-order chi connectivity index (χ1) is 15.7. The van der Waals surface area contributed by atoms with Gasteiger partial charge in [-0.2, -0.15) is 0 Å². The molecule has 7 heteroatoms. The number of aromatic nitrogens is 3. The molecule has 2 aromatic heterocycles. The Kier molecular flexibility index (Phi) is 6.63. The fourth-order valence-electron chi connectivity index (χ4n) is 3.84. The molecule has 172 valence electrons. The second-order valence-electron chi connectivity index (χ2n) is 9.18. The lowest BCUT2D eigenvalue weighted by Crippen LogP contribution is -2.28. The largest absolute Gasteiger partial charge is 0.311 e. The van der Waals surface area contributed by atoms with Crippen LogP contribution >= 0.6 is 0 Å². The van der Waals surface area contributed by atoms with Crippen molar-refractivity contribution in [2.45, 2.75) is 50.5 Å².